The lowest BCUT2D eigenvalue weighted by atomic mass is 10.2. The molecule has 0 unspecified atom stereocenters. The number of benzene rings is 1. The number of guanidine groups is 1. The van der Waals surface area contributed by atoms with Crippen molar-refractivity contribution in [1.29, 1.82) is 0 Å². The Bertz CT molecular complexity index is 357. The fourth-order valence-electron chi connectivity index (χ4n) is 1.35. The molecule has 1 aromatic rings. The van der Waals surface area contributed by atoms with Crippen LogP contribution in [0.2, 0.25) is 5.02 Å². The van der Waals surface area contributed by atoms with E-state index >= 15 is 0 Å². The summed E-state index contributed by atoms with van der Waals surface area (Å²) in [7, 11) is 0. The lowest BCUT2D eigenvalue weighted by molar-refractivity contribution is 0.700. The first kappa shape index (κ1) is 13.8. The molecule has 0 atom stereocenters. The summed E-state index contributed by atoms with van der Waals surface area (Å²) in [6, 6.07) is 8.12. The van der Waals surface area contributed by atoms with Gasteiger partial charge in [-0.1, -0.05) is 23.7 Å². The predicted molar refractivity (Wildman–Crippen MR) is 74.5 cm³/mol. The van der Waals surface area contributed by atoms with Crippen LogP contribution in [-0.2, 0) is 6.54 Å². The van der Waals surface area contributed by atoms with Crippen molar-refractivity contribution >= 4 is 17.6 Å². The summed E-state index contributed by atoms with van der Waals surface area (Å²) in [6.45, 7) is 7.75. The lowest BCUT2D eigenvalue weighted by Gasteiger charge is -2.13. The summed E-state index contributed by atoms with van der Waals surface area (Å²) in [5.41, 5.74) is 1.15. The summed E-state index contributed by atoms with van der Waals surface area (Å²) < 4.78 is 0. The maximum Gasteiger partial charge on any atom is 0.191 e. The van der Waals surface area contributed by atoms with Crippen LogP contribution in [0.1, 0.15) is 26.3 Å². The van der Waals surface area contributed by atoms with Crippen LogP contribution in [0.4, 0.5) is 0 Å². The van der Waals surface area contributed by atoms with Gasteiger partial charge in [0.2, 0.25) is 0 Å². The molecule has 0 bridgehead atoms. The van der Waals surface area contributed by atoms with Gasteiger partial charge in [-0.05, 0) is 38.5 Å². The van der Waals surface area contributed by atoms with Gasteiger partial charge in [-0.25, -0.2) is 4.99 Å². The number of halogens is 1. The highest BCUT2D eigenvalue weighted by atomic mass is 35.5. The number of nitrogens with zero attached hydrogens (tertiary/aromatic N) is 1. The zero-order chi connectivity index (χ0) is 12.7. The third kappa shape index (κ3) is 5.59. The minimum atomic E-state index is 0.373. The van der Waals surface area contributed by atoms with Crippen molar-refractivity contribution in [3.63, 3.8) is 0 Å². The molecule has 94 valence electrons. The van der Waals surface area contributed by atoms with Crippen molar-refractivity contribution in [1.82, 2.24) is 10.6 Å². The van der Waals surface area contributed by atoms with Crippen molar-refractivity contribution in [3.05, 3.63) is 34.9 Å². The fourth-order valence-corrected chi connectivity index (χ4v) is 1.48. The standard InChI is InChI=1S/C13H20ClN3/c1-4-15-13(17-10(2)3)16-9-11-5-7-12(14)8-6-11/h5-8,10H,4,9H2,1-3H3,(H2,15,16,17). The van der Waals surface area contributed by atoms with Crippen molar-refractivity contribution in [2.45, 2.75) is 33.4 Å². The highest BCUT2D eigenvalue weighted by Crippen LogP contribution is 2.10. The molecule has 0 radical (unpaired) electrons. The third-order valence-corrected chi connectivity index (χ3v) is 2.35. The smallest absolute Gasteiger partial charge is 0.191 e. The van der Waals surface area contributed by atoms with Crippen LogP contribution in [0.5, 0.6) is 0 Å². The van der Waals surface area contributed by atoms with Gasteiger partial charge in [0.25, 0.3) is 0 Å². The van der Waals surface area contributed by atoms with Crippen molar-refractivity contribution in [3.8, 4) is 0 Å². The van der Waals surface area contributed by atoms with E-state index in [4.69, 9.17) is 11.6 Å². The summed E-state index contributed by atoms with van der Waals surface area (Å²) in [5, 5.41) is 7.24. The maximum absolute atomic E-state index is 5.83. The largest absolute Gasteiger partial charge is 0.357 e. The number of nitrogens with one attached hydrogen (secondary N) is 2. The van der Waals surface area contributed by atoms with Gasteiger partial charge in [0, 0.05) is 17.6 Å². The number of hydrogen-bond acceptors (Lipinski definition) is 1. The first-order chi connectivity index (χ1) is 8.11. The molecule has 0 amide bonds. The Kier molecular flexibility index (Phi) is 5.84. The molecule has 0 saturated carbocycles. The van der Waals surface area contributed by atoms with Crippen LogP contribution >= 0.6 is 11.6 Å². The van der Waals surface area contributed by atoms with E-state index in [2.05, 4.69) is 36.4 Å². The molecule has 2 N–H and O–H groups in total. The van der Waals surface area contributed by atoms with E-state index < -0.39 is 0 Å². The molecule has 4 heteroatoms. The van der Waals surface area contributed by atoms with Gasteiger partial charge in [0.15, 0.2) is 5.96 Å². The summed E-state index contributed by atoms with van der Waals surface area (Å²) in [4.78, 5) is 4.50. The highest BCUT2D eigenvalue weighted by Gasteiger charge is 1.99. The molecular formula is C13H20ClN3. The van der Waals surface area contributed by atoms with E-state index in [-0.39, 0.29) is 0 Å². The van der Waals surface area contributed by atoms with Crippen molar-refractivity contribution < 1.29 is 0 Å². The second kappa shape index (κ2) is 7.17. The summed E-state index contributed by atoms with van der Waals surface area (Å²) in [6.07, 6.45) is 0. The zero-order valence-corrected chi connectivity index (χ0v) is 11.4. The molecule has 0 aliphatic heterocycles. The molecule has 1 rings (SSSR count). The van der Waals surface area contributed by atoms with Gasteiger partial charge in [0.05, 0.1) is 6.54 Å². The van der Waals surface area contributed by atoms with Gasteiger partial charge in [-0.15, -0.1) is 0 Å². The third-order valence-electron chi connectivity index (χ3n) is 2.10. The van der Waals surface area contributed by atoms with Gasteiger partial charge in [0.1, 0.15) is 0 Å². The quantitative estimate of drug-likeness (QED) is 0.640. The second-order valence-electron chi connectivity index (χ2n) is 4.12. The van der Waals surface area contributed by atoms with Crippen LogP contribution in [-0.4, -0.2) is 18.5 Å². The molecule has 0 aliphatic rings. The lowest BCUT2D eigenvalue weighted by Crippen LogP contribution is -2.40. The Morgan fingerprint density at radius 2 is 1.94 bits per heavy atom. The highest BCUT2D eigenvalue weighted by molar-refractivity contribution is 6.30. The summed E-state index contributed by atoms with van der Waals surface area (Å²) >= 11 is 5.83. The van der Waals surface area contributed by atoms with Gasteiger partial charge in [-0.2, -0.15) is 0 Å². The summed E-state index contributed by atoms with van der Waals surface area (Å²) in [5.74, 6) is 0.845. The number of rotatable bonds is 4. The van der Waals surface area contributed by atoms with Crippen LogP contribution in [0.3, 0.4) is 0 Å². The van der Waals surface area contributed by atoms with E-state index in [1.165, 1.54) is 0 Å². The molecule has 0 saturated heterocycles. The molecule has 0 aliphatic carbocycles. The molecule has 0 aromatic heterocycles. The van der Waals surface area contributed by atoms with E-state index in [1.54, 1.807) is 0 Å². The molecule has 0 spiro atoms. The average molecular weight is 254 g/mol. The normalized spacial score (nSPS) is 11.7. The van der Waals surface area contributed by atoms with Gasteiger partial charge < -0.3 is 10.6 Å². The van der Waals surface area contributed by atoms with Crippen molar-refractivity contribution in [2.24, 2.45) is 4.99 Å². The van der Waals surface area contributed by atoms with Crippen LogP contribution in [0, 0.1) is 0 Å². The molecule has 1 aromatic carbocycles. The average Bonchev–Trinajstić information content (AvgIpc) is 2.27. The number of hydrogen-bond donors (Lipinski definition) is 2. The molecule has 3 nitrogen and oxygen atoms in total. The SMILES string of the molecule is CCNC(=NCc1ccc(Cl)cc1)NC(C)C. The van der Waals surface area contributed by atoms with E-state index in [9.17, 15) is 0 Å². The van der Waals surface area contributed by atoms with Crippen LogP contribution in [0.25, 0.3) is 0 Å². The Balaban J connectivity index is 2.61. The second-order valence-corrected chi connectivity index (χ2v) is 4.56. The molecule has 17 heavy (non-hydrogen) atoms. The topological polar surface area (TPSA) is 36.4 Å². The first-order valence-corrected chi connectivity index (χ1v) is 6.29. The van der Waals surface area contributed by atoms with Crippen LogP contribution in [0.15, 0.2) is 29.3 Å². The van der Waals surface area contributed by atoms with E-state index in [0.29, 0.717) is 12.6 Å². The first-order valence-electron chi connectivity index (χ1n) is 5.91. The van der Waals surface area contributed by atoms with Gasteiger partial charge >= 0.3 is 0 Å². The van der Waals surface area contributed by atoms with Gasteiger partial charge in [-0.3, -0.25) is 0 Å². The maximum atomic E-state index is 5.83. The molecular weight excluding hydrogens is 234 g/mol. The fraction of sp³-hybridized carbons (Fsp3) is 0.462. The Labute approximate surface area is 108 Å². The predicted octanol–water partition coefficient (Wildman–Crippen LogP) is 2.80. The number of aliphatic imine (C=N–C) groups is 1. The van der Waals surface area contributed by atoms with Crippen molar-refractivity contribution in [2.75, 3.05) is 6.54 Å². The zero-order valence-electron chi connectivity index (χ0n) is 10.6. The minimum Gasteiger partial charge on any atom is -0.357 e. The molecule has 0 fully saturated rings. The van der Waals surface area contributed by atoms with E-state index in [1.807, 2.05) is 24.3 Å². The van der Waals surface area contributed by atoms with Crippen LogP contribution < -0.4 is 10.6 Å². The molecule has 0 heterocycles. The Morgan fingerprint density at radius 1 is 1.29 bits per heavy atom. The Morgan fingerprint density at radius 3 is 2.47 bits per heavy atom. The minimum absolute atomic E-state index is 0.373. The monoisotopic (exact) mass is 253 g/mol. The van der Waals surface area contributed by atoms with E-state index in [0.717, 1.165) is 23.1 Å². The Hall–Kier alpha value is -1.22.